The summed E-state index contributed by atoms with van der Waals surface area (Å²) in [6.45, 7) is 1.31. The van der Waals surface area contributed by atoms with E-state index < -0.39 is 0 Å². The van der Waals surface area contributed by atoms with Crippen molar-refractivity contribution in [2.24, 2.45) is 0 Å². The van der Waals surface area contributed by atoms with Crippen molar-refractivity contribution < 1.29 is 5.11 Å². The van der Waals surface area contributed by atoms with Crippen molar-refractivity contribution in [3.63, 3.8) is 0 Å². The summed E-state index contributed by atoms with van der Waals surface area (Å²) in [7, 11) is 0. The molecule has 0 fully saturated rings. The lowest BCUT2D eigenvalue weighted by molar-refractivity contribution is 0.282. The molecule has 0 aromatic heterocycles. The van der Waals surface area contributed by atoms with Crippen LogP contribution in [0.1, 0.15) is 64.2 Å². The standard InChI is InChI=1S/C13H27NOS2/c15-12-10-8-6-4-2-1-3-5-7-9-11-14-13(16)17/h15H,1-12H2,(H2,14,16,17). The summed E-state index contributed by atoms with van der Waals surface area (Å²) in [6, 6.07) is 0. The Kier molecular flexibility index (Phi) is 14.4. The molecule has 0 aromatic rings. The highest BCUT2D eigenvalue weighted by Crippen LogP contribution is 2.10. The van der Waals surface area contributed by atoms with Gasteiger partial charge in [-0.05, 0) is 12.8 Å². The van der Waals surface area contributed by atoms with Crippen LogP contribution in [0.3, 0.4) is 0 Å². The van der Waals surface area contributed by atoms with Gasteiger partial charge in [0.2, 0.25) is 0 Å². The number of hydrogen-bond donors (Lipinski definition) is 3. The van der Waals surface area contributed by atoms with Crippen LogP contribution in [0.5, 0.6) is 0 Å². The Morgan fingerprint density at radius 3 is 1.65 bits per heavy atom. The highest BCUT2D eigenvalue weighted by Gasteiger charge is 1.93. The predicted octanol–water partition coefficient (Wildman–Crippen LogP) is 3.68. The van der Waals surface area contributed by atoms with Gasteiger partial charge in [-0.1, -0.05) is 63.6 Å². The van der Waals surface area contributed by atoms with Gasteiger partial charge in [-0.3, -0.25) is 0 Å². The van der Waals surface area contributed by atoms with Crippen molar-refractivity contribution >= 4 is 29.2 Å². The predicted molar refractivity (Wildman–Crippen MR) is 82.8 cm³/mol. The molecule has 17 heavy (non-hydrogen) atoms. The Labute approximate surface area is 117 Å². The summed E-state index contributed by atoms with van der Waals surface area (Å²) in [6.07, 6.45) is 12.6. The molecule has 0 aromatic carbocycles. The Hall–Kier alpha value is 0.200. The van der Waals surface area contributed by atoms with E-state index in [1.165, 1.54) is 57.8 Å². The summed E-state index contributed by atoms with van der Waals surface area (Å²) >= 11 is 8.82. The second kappa shape index (κ2) is 14.3. The molecule has 4 heteroatoms. The summed E-state index contributed by atoms with van der Waals surface area (Å²) in [5.41, 5.74) is 0. The normalized spacial score (nSPS) is 10.5. The molecule has 0 aliphatic rings. The fourth-order valence-electron chi connectivity index (χ4n) is 1.85. The van der Waals surface area contributed by atoms with Gasteiger partial charge in [0.05, 0.1) is 0 Å². The van der Waals surface area contributed by atoms with E-state index >= 15 is 0 Å². The summed E-state index contributed by atoms with van der Waals surface area (Å²) < 4.78 is 0.605. The van der Waals surface area contributed by atoms with Crippen LogP contribution < -0.4 is 5.32 Å². The van der Waals surface area contributed by atoms with Gasteiger partial charge in [0, 0.05) is 13.2 Å². The van der Waals surface area contributed by atoms with Crippen molar-refractivity contribution in [3.8, 4) is 0 Å². The average Bonchev–Trinajstić information content (AvgIpc) is 2.30. The fourth-order valence-corrected chi connectivity index (χ4v) is 2.06. The van der Waals surface area contributed by atoms with Crippen molar-refractivity contribution in [1.82, 2.24) is 5.32 Å². The molecule has 2 nitrogen and oxygen atoms in total. The molecule has 0 atom stereocenters. The number of rotatable bonds is 12. The number of thiol groups is 1. The molecule has 0 rings (SSSR count). The zero-order valence-corrected chi connectivity index (χ0v) is 12.5. The van der Waals surface area contributed by atoms with Gasteiger partial charge in [0.15, 0.2) is 0 Å². The quantitative estimate of drug-likeness (QED) is 0.289. The zero-order valence-electron chi connectivity index (χ0n) is 10.8. The molecule has 0 aliphatic carbocycles. The summed E-state index contributed by atoms with van der Waals surface area (Å²) in [4.78, 5) is 0. The van der Waals surface area contributed by atoms with Crippen molar-refractivity contribution in [2.75, 3.05) is 13.2 Å². The van der Waals surface area contributed by atoms with E-state index in [2.05, 4.69) is 17.9 Å². The minimum atomic E-state index is 0.351. The van der Waals surface area contributed by atoms with E-state index in [0.717, 1.165) is 13.0 Å². The summed E-state index contributed by atoms with van der Waals surface area (Å²) in [5.74, 6) is 0. The maximum Gasteiger partial charge on any atom is 0.130 e. The van der Waals surface area contributed by atoms with Crippen LogP contribution in [-0.4, -0.2) is 22.6 Å². The number of thiocarbonyl (C=S) groups is 1. The fraction of sp³-hybridized carbons (Fsp3) is 0.923. The third-order valence-corrected chi connectivity index (χ3v) is 3.16. The first-order chi connectivity index (χ1) is 8.27. The Morgan fingerprint density at radius 1 is 0.824 bits per heavy atom. The molecule has 0 unspecified atom stereocenters. The molecular weight excluding hydrogens is 250 g/mol. The zero-order chi connectivity index (χ0) is 12.8. The van der Waals surface area contributed by atoms with Crippen LogP contribution in [0.4, 0.5) is 0 Å². The second-order valence-corrected chi connectivity index (χ2v) is 5.65. The summed E-state index contributed by atoms with van der Waals surface area (Å²) in [5, 5.41) is 11.7. The van der Waals surface area contributed by atoms with Crippen LogP contribution >= 0.6 is 24.8 Å². The molecule has 0 amide bonds. The lowest BCUT2D eigenvalue weighted by Gasteiger charge is -2.03. The van der Waals surface area contributed by atoms with Crippen LogP contribution in [0.2, 0.25) is 0 Å². The molecule has 102 valence electrons. The van der Waals surface area contributed by atoms with Gasteiger partial charge < -0.3 is 10.4 Å². The Bertz CT molecular complexity index is 177. The second-order valence-electron chi connectivity index (χ2n) is 4.49. The highest BCUT2D eigenvalue weighted by molar-refractivity contribution is 8.11. The third kappa shape index (κ3) is 16.2. The molecule has 0 saturated carbocycles. The Morgan fingerprint density at radius 2 is 1.24 bits per heavy atom. The van der Waals surface area contributed by atoms with E-state index in [9.17, 15) is 0 Å². The lowest BCUT2D eigenvalue weighted by Crippen LogP contribution is -2.17. The number of aliphatic hydroxyl groups excluding tert-OH is 1. The van der Waals surface area contributed by atoms with Crippen LogP contribution in [0, 0.1) is 0 Å². The minimum absolute atomic E-state index is 0.351. The molecule has 0 radical (unpaired) electrons. The highest BCUT2D eigenvalue weighted by atomic mass is 32.1. The lowest BCUT2D eigenvalue weighted by atomic mass is 10.1. The van der Waals surface area contributed by atoms with Crippen LogP contribution in [0.15, 0.2) is 0 Å². The molecule has 2 N–H and O–H groups in total. The topological polar surface area (TPSA) is 32.3 Å². The minimum Gasteiger partial charge on any atom is -0.396 e. The molecule has 0 heterocycles. The van der Waals surface area contributed by atoms with Crippen molar-refractivity contribution in [2.45, 2.75) is 64.2 Å². The first-order valence-electron chi connectivity index (χ1n) is 6.85. The van der Waals surface area contributed by atoms with Crippen molar-refractivity contribution in [3.05, 3.63) is 0 Å². The van der Waals surface area contributed by atoms with E-state index in [1.807, 2.05) is 0 Å². The van der Waals surface area contributed by atoms with Gasteiger partial charge in [0.1, 0.15) is 4.32 Å². The van der Waals surface area contributed by atoms with E-state index in [0.29, 0.717) is 10.9 Å². The smallest absolute Gasteiger partial charge is 0.130 e. The van der Waals surface area contributed by atoms with Crippen LogP contribution in [0.25, 0.3) is 0 Å². The number of unbranched alkanes of at least 4 members (excludes halogenated alkanes) is 9. The molecule has 0 saturated heterocycles. The van der Waals surface area contributed by atoms with Gasteiger partial charge >= 0.3 is 0 Å². The maximum absolute atomic E-state index is 8.63. The Balaban J connectivity index is 2.91. The van der Waals surface area contributed by atoms with E-state index in [1.54, 1.807) is 0 Å². The van der Waals surface area contributed by atoms with Gasteiger partial charge in [-0.15, -0.1) is 12.6 Å². The molecule has 0 aliphatic heterocycles. The largest absolute Gasteiger partial charge is 0.396 e. The first-order valence-corrected chi connectivity index (χ1v) is 7.70. The number of hydrogen-bond acceptors (Lipinski definition) is 2. The number of nitrogens with one attached hydrogen (secondary N) is 1. The first kappa shape index (κ1) is 17.2. The third-order valence-electron chi connectivity index (χ3n) is 2.86. The number of aliphatic hydroxyl groups is 1. The van der Waals surface area contributed by atoms with Gasteiger partial charge in [-0.25, -0.2) is 0 Å². The van der Waals surface area contributed by atoms with Gasteiger partial charge in [0.25, 0.3) is 0 Å². The van der Waals surface area contributed by atoms with E-state index in [4.69, 9.17) is 17.3 Å². The molecular formula is C13H27NOS2. The maximum atomic E-state index is 8.63. The van der Waals surface area contributed by atoms with Crippen molar-refractivity contribution in [1.29, 1.82) is 0 Å². The van der Waals surface area contributed by atoms with Gasteiger partial charge in [-0.2, -0.15) is 0 Å². The molecule has 0 bridgehead atoms. The van der Waals surface area contributed by atoms with E-state index in [-0.39, 0.29) is 0 Å². The molecule has 0 spiro atoms. The SMILES string of the molecule is OCCCCCCCCCCCCNC(=S)S. The average molecular weight is 277 g/mol. The van der Waals surface area contributed by atoms with Crippen LogP contribution in [-0.2, 0) is 0 Å². The monoisotopic (exact) mass is 277 g/mol.